The van der Waals surface area contributed by atoms with E-state index in [2.05, 4.69) is 25.1 Å². The van der Waals surface area contributed by atoms with E-state index in [1.165, 1.54) is 50.7 Å². The van der Waals surface area contributed by atoms with Gasteiger partial charge in [0.25, 0.3) is 0 Å². The minimum atomic E-state index is -5.35. The number of esters is 1. The highest BCUT2D eigenvalue weighted by Gasteiger charge is 2.42. The Balaban J connectivity index is 1.88. The second kappa shape index (κ2) is 11.5. The lowest BCUT2D eigenvalue weighted by atomic mass is 10.0. The molecule has 4 rings (SSSR count). The lowest BCUT2D eigenvalue weighted by molar-refractivity contribution is -0.189. The van der Waals surface area contributed by atoms with E-state index in [1.54, 1.807) is 0 Å². The molecule has 0 amide bonds. The number of amidine groups is 1. The third-order valence-corrected chi connectivity index (χ3v) is 5.75. The van der Waals surface area contributed by atoms with Crippen LogP contribution in [0, 0.1) is 11.2 Å². The van der Waals surface area contributed by atoms with Crippen molar-refractivity contribution in [1.82, 2.24) is 19.7 Å². The molecule has 7 N–H and O–H groups in total. The minimum absolute atomic E-state index is 0.0281. The second-order valence-corrected chi connectivity index (χ2v) is 8.47. The van der Waals surface area contributed by atoms with E-state index in [-0.39, 0.29) is 45.6 Å². The highest BCUT2D eigenvalue weighted by Crippen LogP contribution is 2.36. The first-order chi connectivity index (χ1) is 19.8. The number of nitrogens with two attached hydrogens (primary N) is 2. The predicted octanol–water partition coefficient (Wildman–Crippen LogP) is 2.65. The van der Waals surface area contributed by atoms with Crippen molar-refractivity contribution in [1.29, 1.82) is 5.41 Å². The first kappa shape index (κ1) is 29.4. The van der Waals surface area contributed by atoms with Crippen molar-refractivity contribution in [2.24, 2.45) is 5.73 Å². The van der Waals surface area contributed by atoms with E-state index in [9.17, 15) is 22.8 Å². The molecule has 42 heavy (non-hydrogen) atoms. The van der Waals surface area contributed by atoms with Gasteiger partial charge >= 0.3 is 17.8 Å². The van der Waals surface area contributed by atoms with E-state index < -0.39 is 41.3 Å². The van der Waals surface area contributed by atoms with Gasteiger partial charge in [0, 0.05) is 29.6 Å². The molecule has 0 radical (unpaired) electrons. The van der Waals surface area contributed by atoms with E-state index in [0.717, 1.165) is 16.8 Å². The Morgan fingerprint density at radius 3 is 2.50 bits per heavy atom. The van der Waals surface area contributed by atoms with Gasteiger partial charge < -0.3 is 31.0 Å². The number of nitrogen functional groups attached to an aromatic ring is 2. The van der Waals surface area contributed by atoms with Crippen LogP contribution < -0.4 is 36.7 Å². The topological polar surface area (TPSA) is 196 Å². The number of anilines is 2. The van der Waals surface area contributed by atoms with Crippen LogP contribution >= 0.6 is 0 Å². The fourth-order valence-corrected chi connectivity index (χ4v) is 3.81. The van der Waals surface area contributed by atoms with Crippen molar-refractivity contribution in [3.8, 4) is 23.1 Å². The first-order valence-corrected chi connectivity index (χ1v) is 11.7. The monoisotopic (exact) mass is 590 g/mol. The summed E-state index contributed by atoms with van der Waals surface area (Å²) in [7, 11) is 2.54. The first-order valence-electron chi connectivity index (χ1n) is 11.7. The summed E-state index contributed by atoms with van der Waals surface area (Å²) in [5.74, 6) is -5.16. The van der Waals surface area contributed by atoms with Crippen LogP contribution in [-0.4, -0.2) is 51.9 Å². The maximum atomic E-state index is 15.7. The zero-order chi connectivity index (χ0) is 30.8. The van der Waals surface area contributed by atoms with Crippen LogP contribution in [0.4, 0.5) is 28.9 Å². The summed E-state index contributed by atoms with van der Waals surface area (Å²) in [5, 5.41) is 14.7. The number of pyridine rings is 1. The molecule has 2 aromatic carbocycles. The standard InChI is InChI=1S/C25H22F4N8O5/c1-40-12-9-14(18(26)17(10-12)41-2)19(21-35-24(39)37(36-21)22-15(30)4-3-7-33-22)34-11-5-6-13(20(31)32)16(8-11)42-23(38)25(27,28)29/h3-10,19,34H,30H2,1-2H3,(H3,31,32)(H,35,36,39)/t19-/m0/s1. The molecule has 0 aliphatic rings. The molecule has 0 bridgehead atoms. The van der Waals surface area contributed by atoms with E-state index in [0.29, 0.717) is 0 Å². The number of methoxy groups -OCH3 is 2. The van der Waals surface area contributed by atoms with Gasteiger partial charge in [0.15, 0.2) is 23.2 Å². The highest BCUT2D eigenvalue weighted by atomic mass is 19.4. The van der Waals surface area contributed by atoms with E-state index >= 15 is 4.39 Å². The third kappa shape index (κ3) is 5.93. The highest BCUT2D eigenvalue weighted by molar-refractivity contribution is 5.99. The Morgan fingerprint density at radius 1 is 1.14 bits per heavy atom. The number of halogens is 4. The fraction of sp³-hybridized carbons (Fsp3) is 0.160. The van der Waals surface area contributed by atoms with E-state index in [4.69, 9.17) is 26.4 Å². The normalized spacial score (nSPS) is 12.0. The Bertz CT molecular complexity index is 1720. The number of aromatic amines is 1. The fourth-order valence-electron chi connectivity index (χ4n) is 3.81. The van der Waals surface area contributed by atoms with Crippen molar-refractivity contribution in [2.45, 2.75) is 12.2 Å². The van der Waals surface area contributed by atoms with Crippen molar-refractivity contribution in [3.63, 3.8) is 0 Å². The molecule has 0 saturated heterocycles. The van der Waals surface area contributed by atoms with Crippen LogP contribution in [0.3, 0.4) is 0 Å². The molecule has 17 heteroatoms. The molecule has 0 aliphatic carbocycles. The van der Waals surface area contributed by atoms with Gasteiger partial charge in [0.1, 0.15) is 23.4 Å². The number of nitrogens with one attached hydrogen (secondary N) is 3. The van der Waals surface area contributed by atoms with Crippen molar-refractivity contribution in [2.75, 3.05) is 25.3 Å². The molecule has 220 valence electrons. The number of nitrogens with zero attached hydrogens (tertiary/aromatic N) is 3. The van der Waals surface area contributed by atoms with E-state index in [1.807, 2.05) is 0 Å². The maximum Gasteiger partial charge on any atom is 0.491 e. The number of H-pyrrole nitrogens is 1. The lowest BCUT2D eigenvalue weighted by Crippen LogP contribution is -2.29. The largest absolute Gasteiger partial charge is 0.497 e. The summed E-state index contributed by atoms with van der Waals surface area (Å²) < 4.78 is 70.1. The van der Waals surface area contributed by atoms with Crippen LogP contribution in [-0.2, 0) is 4.79 Å². The Kier molecular flexibility index (Phi) is 8.03. The Labute approximate surface area is 233 Å². The molecular formula is C25H22F4N8O5. The minimum Gasteiger partial charge on any atom is -0.497 e. The zero-order valence-electron chi connectivity index (χ0n) is 21.7. The SMILES string of the molecule is COc1cc(OC)c(F)c([C@H](Nc2ccc(C(=N)N)c(OC(=O)C(F)(F)F)c2)c2nn(-c3ncccc3N)c(=O)[nH]2)c1. The van der Waals surface area contributed by atoms with Gasteiger partial charge in [-0.3, -0.25) is 10.4 Å². The van der Waals surface area contributed by atoms with Gasteiger partial charge in [0.05, 0.1) is 25.5 Å². The lowest BCUT2D eigenvalue weighted by Gasteiger charge is -2.21. The van der Waals surface area contributed by atoms with Gasteiger partial charge in [-0.2, -0.15) is 17.9 Å². The number of hydrogen-bond donors (Lipinski definition) is 5. The van der Waals surface area contributed by atoms with Crippen LogP contribution in [0.1, 0.15) is 23.0 Å². The molecule has 0 spiro atoms. The van der Waals surface area contributed by atoms with Crippen molar-refractivity contribution >= 4 is 23.2 Å². The van der Waals surface area contributed by atoms with Gasteiger partial charge in [-0.15, -0.1) is 5.10 Å². The molecule has 0 unspecified atom stereocenters. The number of alkyl halides is 3. The summed E-state index contributed by atoms with van der Waals surface area (Å²) in [6, 6.07) is 7.50. The quantitative estimate of drug-likeness (QED) is 0.0635. The van der Waals surface area contributed by atoms with Crippen molar-refractivity contribution < 1.29 is 36.6 Å². The number of aromatic nitrogens is 4. The number of rotatable bonds is 9. The Morgan fingerprint density at radius 2 is 1.88 bits per heavy atom. The van der Waals surface area contributed by atoms with Crippen LogP contribution in [0.2, 0.25) is 0 Å². The molecule has 1 atom stereocenters. The average molecular weight is 590 g/mol. The molecule has 13 nitrogen and oxygen atoms in total. The molecule has 2 aromatic heterocycles. The second-order valence-electron chi connectivity index (χ2n) is 8.47. The smallest absolute Gasteiger partial charge is 0.491 e. The molecular weight excluding hydrogens is 568 g/mol. The van der Waals surface area contributed by atoms with Crippen LogP contribution in [0.15, 0.2) is 53.5 Å². The molecule has 2 heterocycles. The van der Waals surface area contributed by atoms with Crippen molar-refractivity contribution in [3.05, 3.63) is 81.9 Å². The van der Waals surface area contributed by atoms with Gasteiger partial charge in [-0.05, 0) is 30.3 Å². The Hall–Kier alpha value is -5.61. The van der Waals surface area contributed by atoms with Gasteiger partial charge in [0.2, 0.25) is 0 Å². The average Bonchev–Trinajstić information content (AvgIpc) is 3.32. The predicted molar refractivity (Wildman–Crippen MR) is 141 cm³/mol. The summed E-state index contributed by atoms with van der Waals surface area (Å²) in [4.78, 5) is 31.0. The molecule has 0 saturated carbocycles. The number of ether oxygens (including phenoxy) is 3. The molecule has 0 aliphatic heterocycles. The maximum absolute atomic E-state index is 15.7. The zero-order valence-corrected chi connectivity index (χ0v) is 21.7. The summed E-state index contributed by atoms with van der Waals surface area (Å²) in [5.41, 5.74) is 10.1. The molecule has 0 fully saturated rings. The third-order valence-electron chi connectivity index (χ3n) is 5.75. The van der Waals surface area contributed by atoms with Gasteiger partial charge in [-0.25, -0.2) is 19.0 Å². The summed E-state index contributed by atoms with van der Waals surface area (Å²) >= 11 is 0. The summed E-state index contributed by atoms with van der Waals surface area (Å²) in [6.45, 7) is 0. The summed E-state index contributed by atoms with van der Waals surface area (Å²) in [6.07, 6.45) is -3.98. The number of carbonyl (C=O) groups is 1. The molecule has 4 aromatic rings. The van der Waals surface area contributed by atoms with Gasteiger partial charge in [-0.1, -0.05) is 0 Å². The van der Waals surface area contributed by atoms with Crippen LogP contribution in [0.25, 0.3) is 5.82 Å². The number of carbonyl (C=O) groups excluding carboxylic acids is 1. The number of benzene rings is 2. The number of hydrogen-bond acceptors (Lipinski definition) is 10. The van der Waals surface area contributed by atoms with Crippen LogP contribution in [0.5, 0.6) is 17.2 Å².